The third kappa shape index (κ3) is 2.40. The summed E-state index contributed by atoms with van der Waals surface area (Å²) < 4.78 is 27.2. The number of sulfonamides is 1. The van der Waals surface area contributed by atoms with Crippen LogP contribution in [0.2, 0.25) is 0 Å². The van der Waals surface area contributed by atoms with Crippen molar-refractivity contribution in [2.45, 2.75) is 11.8 Å². The summed E-state index contributed by atoms with van der Waals surface area (Å²) in [6, 6.07) is 9.04. The maximum atomic E-state index is 12.3. The summed E-state index contributed by atoms with van der Waals surface area (Å²) in [5.74, 6) is -0.00752. The fraction of sp³-hybridized carbons (Fsp3) is 0.0769. The van der Waals surface area contributed by atoms with Crippen LogP contribution in [-0.4, -0.2) is 23.6 Å². The van der Waals surface area contributed by atoms with Crippen LogP contribution in [0.25, 0.3) is 10.9 Å². The molecule has 2 aromatic heterocycles. The summed E-state index contributed by atoms with van der Waals surface area (Å²) in [6.45, 7) is 1.85. The number of para-hydroxylation sites is 1. The van der Waals surface area contributed by atoms with Crippen LogP contribution in [0.5, 0.6) is 0 Å². The summed E-state index contributed by atoms with van der Waals surface area (Å²) >= 11 is 0. The largest absolute Gasteiger partial charge is 0.383 e. The number of nitrogens with two attached hydrogens (primary N) is 1. The highest BCUT2D eigenvalue weighted by Crippen LogP contribution is 2.25. The lowest BCUT2D eigenvalue weighted by atomic mass is 10.2. The molecule has 0 radical (unpaired) electrons. The van der Waals surface area contributed by atoms with Crippen molar-refractivity contribution in [1.82, 2.24) is 15.2 Å². The lowest BCUT2D eigenvalue weighted by Gasteiger charge is -2.09. The molecule has 0 amide bonds. The number of nitrogen functional groups attached to an aromatic ring is 1. The molecule has 0 atom stereocenters. The second kappa shape index (κ2) is 4.74. The fourth-order valence-corrected chi connectivity index (χ4v) is 3.12. The average Bonchev–Trinajstić information content (AvgIpc) is 2.86. The van der Waals surface area contributed by atoms with Crippen molar-refractivity contribution >= 4 is 32.4 Å². The van der Waals surface area contributed by atoms with E-state index in [0.717, 1.165) is 11.1 Å². The Morgan fingerprint density at radius 2 is 2.05 bits per heavy atom. The smallest absolute Gasteiger partial charge is 0.267 e. The van der Waals surface area contributed by atoms with Crippen molar-refractivity contribution in [2.75, 3.05) is 10.5 Å². The lowest BCUT2D eigenvalue weighted by Crippen LogP contribution is -2.14. The first-order valence-electron chi connectivity index (χ1n) is 6.15. The minimum atomic E-state index is -3.81. The van der Waals surface area contributed by atoms with E-state index in [4.69, 9.17) is 5.73 Å². The predicted molar refractivity (Wildman–Crippen MR) is 80.3 cm³/mol. The number of aryl methyl sites for hydroxylation is 1. The van der Waals surface area contributed by atoms with Gasteiger partial charge in [0.05, 0.1) is 17.4 Å². The summed E-state index contributed by atoms with van der Waals surface area (Å²) in [5, 5.41) is 6.87. The Labute approximate surface area is 121 Å². The van der Waals surface area contributed by atoms with E-state index in [1.807, 2.05) is 25.1 Å². The topological polar surface area (TPSA) is 114 Å². The maximum Gasteiger partial charge on any atom is 0.267 e. The first-order chi connectivity index (χ1) is 9.97. The van der Waals surface area contributed by atoms with Gasteiger partial charge in [-0.25, -0.2) is 8.42 Å². The van der Waals surface area contributed by atoms with Crippen LogP contribution in [-0.2, 0) is 10.0 Å². The highest BCUT2D eigenvalue weighted by atomic mass is 32.2. The van der Waals surface area contributed by atoms with Crippen molar-refractivity contribution < 1.29 is 8.42 Å². The Bertz CT molecular complexity index is 917. The molecule has 3 aromatic rings. The van der Waals surface area contributed by atoms with Gasteiger partial charge in [0.25, 0.3) is 10.0 Å². The number of nitrogens with zero attached hydrogens (tertiary/aromatic N) is 2. The van der Waals surface area contributed by atoms with Gasteiger partial charge in [0.15, 0.2) is 0 Å². The molecule has 1 aromatic carbocycles. The highest BCUT2D eigenvalue weighted by molar-refractivity contribution is 7.92. The van der Waals surface area contributed by atoms with E-state index < -0.39 is 10.0 Å². The molecule has 0 bridgehead atoms. The van der Waals surface area contributed by atoms with Gasteiger partial charge < -0.3 is 5.73 Å². The van der Waals surface area contributed by atoms with Crippen LogP contribution in [0.3, 0.4) is 0 Å². The van der Waals surface area contributed by atoms with Gasteiger partial charge in [-0.3, -0.25) is 14.8 Å². The van der Waals surface area contributed by atoms with Crippen molar-refractivity contribution in [3.63, 3.8) is 0 Å². The van der Waals surface area contributed by atoms with Gasteiger partial charge in [-0.05, 0) is 19.1 Å². The molecule has 0 spiro atoms. The van der Waals surface area contributed by atoms with Gasteiger partial charge in [0.1, 0.15) is 10.7 Å². The molecular formula is C13H13N5O2S. The van der Waals surface area contributed by atoms with Crippen LogP contribution in [0.15, 0.2) is 41.4 Å². The molecule has 0 saturated heterocycles. The zero-order valence-corrected chi connectivity index (χ0v) is 12.0. The van der Waals surface area contributed by atoms with E-state index >= 15 is 0 Å². The van der Waals surface area contributed by atoms with Gasteiger partial charge in [0.2, 0.25) is 0 Å². The number of nitrogens with one attached hydrogen (secondary N) is 2. The molecule has 21 heavy (non-hydrogen) atoms. The number of aromatic nitrogens is 3. The lowest BCUT2D eigenvalue weighted by molar-refractivity contribution is 0.601. The molecule has 0 saturated carbocycles. The maximum absolute atomic E-state index is 12.3. The first kappa shape index (κ1) is 13.4. The summed E-state index contributed by atoms with van der Waals surface area (Å²) in [7, 11) is -3.81. The van der Waals surface area contributed by atoms with Crippen molar-refractivity contribution in [3.8, 4) is 0 Å². The standard InChI is InChI=1S/C13H13N5O2S/c1-8-5-6-9-3-2-4-10(12(9)16-8)18-21(19,20)11-7-15-17-13(11)14/h2-7,18H,1H3,(H3,14,15,17). The van der Waals surface area contributed by atoms with Crippen LogP contribution >= 0.6 is 0 Å². The van der Waals surface area contributed by atoms with Crippen LogP contribution < -0.4 is 10.5 Å². The minimum Gasteiger partial charge on any atom is -0.383 e. The number of hydrogen-bond acceptors (Lipinski definition) is 5. The normalized spacial score (nSPS) is 11.7. The number of pyridine rings is 1. The van der Waals surface area contributed by atoms with Crippen LogP contribution in [0, 0.1) is 6.92 Å². The second-order valence-corrected chi connectivity index (χ2v) is 6.23. The summed E-state index contributed by atoms with van der Waals surface area (Å²) in [5.41, 5.74) is 7.35. The molecular weight excluding hydrogens is 290 g/mol. The Morgan fingerprint density at radius 1 is 1.24 bits per heavy atom. The Hall–Kier alpha value is -2.61. The minimum absolute atomic E-state index is 0.00752. The van der Waals surface area contributed by atoms with Gasteiger partial charge in [0, 0.05) is 11.1 Å². The zero-order chi connectivity index (χ0) is 15.0. The van der Waals surface area contributed by atoms with E-state index in [2.05, 4.69) is 19.9 Å². The Morgan fingerprint density at radius 3 is 2.76 bits per heavy atom. The Kier molecular flexibility index (Phi) is 3.02. The molecule has 108 valence electrons. The number of H-pyrrole nitrogens is 1. The van der Waals surface area contributed by atoms with E-state index in [0.29, 0.717) is 11.2 Å². The number of hydrogen-bond donors (Lipinski definition) is 3. The molecule has 0 unspecified atom stereocenters. The predicted octanol–water partition coefficient (Wildman–Crippen LogP) is 1.65. The molecule has 2 heterocycles. The fourth-order valence-electron chi connectivity index (χ4n) is 2.03. The average molecular weight is 303 g/mol. The molecule has 0 aliphatic carbocycles. The molecule has 4 N–H and O–H groups in total. The van der Waals surface area contributed by atoms with E-state index in [-0.39, 0.29) is 10.7 Å². The molecule has 0 aliphatic rings. The first-order valence-corrected chi connectivity index (χ1v) is 7.64. The monoisotopic (exact) mass is 303 g/mol. The van der Waals surface area contributed by atoms with Gasteiger partial charge in [-0.1, -0.05) is 18.2 Å². The third-order valence-electron chi connectivity index (χ3n) is 3.03. The molecule has 0 fully saturated rings. The quantitative estimate of drug-likeness (QED) is 0.680. The molecule has 7 nitrogen and oxygen atoms in total. The number of benzene rings is 1. The van der Waals surface area contributed by atoms with Crippen LogP contribution in [0.1, 0.15) is 5.69 Å². The van der Waals surface area contributed by atoms with Crippen molar-refractivity contribution in [2.24, 2.45) is 0 Å². The van der Waals surface area contributed by atoms with Crippen molar-refractivity contribution in [3.05, 3.63) is 42.2 Å². The van der Waals surface area contributed by atoms with Crippen molar-refractivity contribution in [1.29, 1.82) is 0 Å². The van der Waals surface area contributed by atoms with Gasteiger partial charge in [-0.15, -0.1) is 0 Å². The third-order valence-corrected chi connectivity index (χ3v) is 4.42. The van der Waals surface area contributed by atoms with E-state index in [1.165, 1.54) is 6.20 Å². The molecule has 0 aliphatic heterocycles. The summed E-state index contributed by atoms with van der Waals surface area (Å²) in [6.07, 6.45) is 1.17. The van der Waals surface area contributed by atoms with Gasteiger partial charge >= 0.3 is 0 Å². The highest BCUT2D eigenvalue weighted by Gasteiger charge is 2.20. The molecule has 3 rings (SSSR count). The number of rotatable bonds is 3. The summed E-state index contributed by atoms with van der Waals surface area (Å²) in [4.78, 5) is 4.29. The number of anilines is 2. The zero-order valence-electron chi connectivity index (χ0n) is 11.2. The van der Waals surface area contributed by atoms with Gasteiger partial charge in [-0.2, -0.15) is 5.10 Å². The van der Waals surface area contributed by atoms with E-state index in [1.54, 1.807) is 12.1 Å². The van der Waals surface area contributed by atoms with E-state index in [9.17, 15) is 8.42 Å². The van der Waals surface area contributed by atoms with Crippen LogP contribution in [0.4, 0.5) is 11.5 Å². The number of aromatic amines is 1. The Balaban J connectivity index is 2.10. The number of fused-ring (bicyclic) bond motifs is 1. The SMILES string of the molecule is Cc1ccc2cccc(NS(=O)(=O)c3cn[nH]c3N)c2n1. The molecule has 8 heteroatoms. The second-order valence-electron chi connectivity index (χ2n) is 4.58.